The highest BCUT2D eigenvalue weighted by atomic mass is 35.5. The van der Waals surface area contributed by atoms with Crippen molar-refractivity contribution in [3.8, 4) is 0 Å². The third-order valence-corrected chi connectivity index (χ3v) is 4.87. The van der Waals surface area contributed by atoms with Gasteiger partial charge in [0.1, 0.15) is 0 Å². The lowest BCUT2D eigenvalue weighted by atomic mass is 10.1. The van der Waals surface area contributed by atoms with Gasteiger partial charge in [-0.25, -0.2) is 0 Å². The van der Waals surface area contributed by atoms with Crippen molar-refractivity contribution < 1.29 is 0 Å². The van der Waals surface area contributed by atoms with Crippen LogP contribution >= 0.6 is 22.9 Å². The van der Waals surface area contributed by atoms with Gasteiger partial charge in [0, 0.05) is 24.5 Å². The molecule has 0 saturated heterocycles. The van der Waals surface area contributed by atoms with Crippen LogP contribution in [0.15, 0.2) is 29.6 Å². The van der Waals surface area contributed by atoms with Crippen LogP contribution in [0.4, 0.5) is 5.69 Å². The van der Waals surface area contributed by atoms with Gasteiger partial charge in [-0.1, -0.05) is 17.7 Å². The number of rotatable bonds is 3. The topological polar surface area (TPSA) is 15.3 Å². The molecule has 0 aliphatic carbocycles. The summed E-state index contributed by atoms with van der Waals surface area (Å²) >= 11 is 8.30. The summed E-state index contributed by atoms with van der Waals surface area (Å²) in [5.41, 5.74) is 3.83. The zero-order valence-electron chi connectivity index (χ0n) is 10.9. The molecular weight excluding hydrogens is 276 g/mol. The van der Waals surface area contributed by atoms with Gasteiger partial charge >= 0.3 is 0 Å². The fraction of sp³-hybridized carbons (Fsp3) is 0.333. The summed E-state index contributed by atoms with van der Waals surface area (Å²) in [4.78, 5) is 3.90. The predicted octanol–water partition coefficient (Wildman–Crippen LogP) is 3.68. The molecule has 0 fully saturated rings. The van der Waals surface area contributed by atoms with E-state index in [1.807, 2.05) is 18.4 Å². The van der Waals surface area contributed by atoms with Gasteiger partial charge in [-0.15, -0.1) is 11.3 Å². The second-order valence-electron chi connectivity index (χ2n) is 4.86. The molecule has 1 aromatic carbocycles. The fourth-order valence-corrected chi connectivity index (χ4v) is 3.79. The predicted molar refractivity (Wildman–Crippen MR) is 83.3 cm³/mol. The minimum Gasteiger partial charge on any atom is -0.366 e. The van der Waals surface area contributed by atoms with Crippen molar-refractivity contribution in [3.63, 3.8) is 0 Å². The molecule has 0 bridgehead atoms. The Morgan fingerprint density at radius 1 is 1.37 bits per heavy atom. The minimum absolute atomic E-state index is 0.853. The Morgan fingerprint density at radius 3 is 3.05 bits per heavy atom. The zero-order valence-corrected chi connectivity index (χ0v) is 12.5. The minimum atomic E-state index is 0.853. The molecule has 0 saturated carbocycles. The molecule has 1 aliphatic rings. The van der Waals surface area contributed by atoms with Crippen LogP contribution in [-0.2, 0) is 19.5 Å². The van der Waals surface area contributed by atoms with Gasteiger partial charge in [-0.2, -0.15) is 0 Å². The molecule has 2 aromatic rings. The third kappa shape index (κ3) is 2.64. The Morgan fingerprint density at radius 2 is 2.26 bits per heavy atom. The maximum Gasteiger partial charge on any atom is 0.0642 e. The quantitative estimate of drug-likeness (QED) is 0.928. The first-order chi connectivity index (χ1) is 9.28. The largest absolute Gasteiger partial charge is 0.366 e. The average molecular weight is 293 g/mol. The van der Waals surface area contributed by atoms with Gasteiger partial charge in [-0.05, 0) is 48.2 Å². The molecule has 1 aromatic heterocycles. The maximum atomic E-state index is 6.43. The average Bonchev–Trinajstić information content (AvgIpc) is 2.86. The first-order valence-electron chi connectivity index (χ1n) is 6.51. The molecule has 0 radical (unpaired) electrons. The lowest BCUT2D eigenvalue weighted by Gasteiger charge is -2.30. The second-order valence-corrected chi connectivity index (χ2v) is 6.26. The Hall–Kier alpha value is -1.03. The van der Waals surface area contributed by atoms with Crippen LogP contribution in [0.25, 0.3) is 0 Å². The normalized spacial score (nSPS) is 14.5. The molecule has 2 nitrogen and oxygen atoms in total. The van der Waals surface area contributed by atoms with E-state index in [2.05, 4.69) is 39.9 Å². The van der Waals surface area contributed by atoms with E-state index < -0.39 is 0 Å². The van der Waals surface area contributed by atoms with E-state index in [4.69, 9.17) is 11.6 Å². The van der Waals surface area contributed by atoms with Crippen molar-refractivity contribution in [1.82, 2.24) is 5.32 Å². The highest BCUT2D eigenvalue weighted by Crippen LogP contribution is 2.32. The third-order valence-electron chi connectivity index (χ3n) is 3.54. The number of thiophene rings is 1. The summed E-state index contributed by atoms with van der Waals surface area (Å²) in [6.45, 7) is 2.89. The summed E-state index contributed by atoms with van der Waals surface area (Å²) in [6, 6.07) is 8.60. The van der Waals surface area contributed by atoms with Crippen molar-refractivity contribution in [2.24, 2.45) is 0 Å². The van der Waals surface area contributed by atoms with Crippen molar-refractivity contribution in [3.05, 3.63) is 50.7 Å². The zero-order chi connectivity index (χ0) is 13.2. The first kappa shape index (κ1) is 13.0. The van der Waals surface area contributed by atoms with E-state index >= 15 is 0 Å². The summed E-state index contributed by atoms with van der Waals surface area (Å²) in [6.07, 6.45) is 1.13. The number of nitrogens with one attached hydrogen (secondary N) is 1. The number of anilines is 1. The van der Waals surface area contributed by atoms with E-state index in [-0.39, 0.29) is 0 Å². The molecule has 2 heterocycles. The van der Waals surface area contributed by atoms with E-state index in [1.165, 1.54) is 16.0 Å². The summed E-state index contributed by atoms with van der Waals surface area (Å²) in [5, 5.41) is 6.19. The number of fused-ring (bicyclic) bond motifs is 1. The van der Waals surface area contributed by atoms with Crippen molar-refractivity contribution in [1.29, 1.82) is 0 Å². The van der Waals surface area contributed by atoms with E-state index in [1.54, 1.807) is 0 Å². The number of nitrogens with zero attached hydrogens (tertiary/aromatic N) is 1. The molecule has 0 unspecified atom stereocenters. The molecule has 4 heteroatoms. The second kappa shape index (κ2) is 5.53. The fourth-order valence-electron chi connectivity index (χ4n) is 2.58. The van der Waals surface area contributed by atoms with Crippen LogP contribution < -0.4 is 10.2 Å². The first-order valence-corrected chi connectivity index (χ1v) is 7.77. The summed E-state index contributed by atoms with van der Waals surface area (Å²) in [7, 11) is 1.95. The Balaban J connectivity index is 1.83. The monoisotopic (exact) mass is 292 g/mol. The van der Waals surface area contributed by atoms with Crippen LogP contribution in [0.3, 0.4) is 0 Å². The number of hydrogen-bond acceptors (Lipinski definition) is 3. The molecular formula is C15H17ClN2S. The SMILES string of the molecule is CNCc1ccc(N2CCc3sccc3C2)c(Cl)c1. The maximum absolute atomic E-state index is 6.43. The molecule has 100 valence electrons. The molecule has 0 spiro atoms. The van der Waals surface area contributed by atoms with Gasteiger partial charge in [0.25, 0.3) is 0 Å². The van der Waals surface area contributed by atoms with Gasteiger partial charge in [0.15, 0.2) is 0 Å². The van der Waals surface area contributed by atoms with Crippen LogP contribution in [0.2, 0.25) is 5.02 Å². The van der Waals surface area contributed by atoms with E-state index in [0.29, 0.717) is 0 Å². The molecule has 1 N–H and O–H groups in total. The van der Waals surface area contributed by atoms with Crippen molar-refractivity contribution in [2.45, 2.75) is 19.5 Å². The molecule has 0 atom stereocenters. The highest BCUT2D eigenvalue weighted by Gasteiger charge is 2.19. The molecule has 19 heavy (non-hydrogen) atoms. The standard InChI is InChI=1S/C15H17ClN2S/c1-17-9-11-2-3-14(13(16)8-11)18-6-4-15-12(10-18)5-7-19-15/h2-3,5,7-8,17H,4,6,9-10H2,1H3. The van der Waals surface area contributed by atoms with E-state index in [9.17, 15) is 0 Å². The number of halogens is 1. The molecule has 3 rings (SSSR count). The highest BCUT2D eigenvalue weighted by molar-refractivity contribution is 7.10. The van der Waals surface area contributed by atoms with Gasteiger partial charge in [0.2, 0.25) is 0 Å². The van der Waals surface area contributed by atoms with Crippen LogP contribution in [0, 0.1) is 0 Å². The van der Waals surface area contributed by atoms with Crippen LogP contribution in [-0.4, -0.2) is 13.6 Å². The van der Waals surface area contributed by atoms with Gasteiger partial charge < -0.3 is 10.2 Å². The van der Waals surface area contributed by atoms with Crippen LogP contribution in [0.5, 0.6) is 0 Å². The van der Waals surface area contributed by atoms with Crippen molar-refractivity contribution >= 4 is 28.6 Å². The molecule has 0 amide bonds. The molecule has 1 aliphatic heterocycles. The lowest BCUT2D eigenvalue weighted by Crippen LogP contribution is -2.29. The van der Waals surface area contributed by atoms with Gasteiger partial charge in [0.05, 0.1) is 10.7 Å². The lowest BCUT2D eigenvalue weighted by molar-refractivity contribution is 0.743. The summed E-state index contributed by atoms with van der Waals surface area (Å²) in [5.74, 6) is 0. The summed E-state index contributed by atoms with van der Waals surface area (Å²) < 4.78 is 0. The number of hydrogen-bond donors (Lipinski definition) is 1. The number of benzene rings is 1. The van der Waals surface area contributed by atoms with Crippen molar-refractivity contribution in [2.75, 3.05) is 18.5 Å². The Bertz CT molecular complexity index is 579. The Labute approximate surface area is 123 Å². The Kier molecular flexibility index (Phi) is 3.78. The van der Waals surface area contributed by atoms with E-state index in [0.717, 1.165) is 36.8 Å². The van der Waals surface area contributed by atoms with Gasteiger partial charge in [-0.3, -0.25) is 0 Å². The smallest absolute Gasteiger partial charge is 0.0642 e. The van der Waals surface area contributed by atoms with Crippen LogP contribution in [0.1, 0.15) is 16.0 Å².